The Bertz CT molecular complexity index is 701. The molecule has 1 aliphatic rings. The highest BCUT2D eigenvalue weighted by atomic mass is 16.5. The first-order chi connectivity index (χ1) is 11.2. The van der Waals surface area contributed by atoms with E-state index in [1.165, 1.54) is 0 Å². The molecule has 2 unspecified atom stereocenters. The van der Waals surface area contributed by atoms with Gasteiger partial charge in [0.2, 0.25) is 0 Å². The Morgan fingerprint density at radius 3 is 2.74 bits per heavy atom. The third-order valence-corrected chi connectivity index (χ3v) is 4.25. The molecule has 5 heteroatoms. The number of methoxy groups -OCH3 is 2. The van der Waals surface area contributed by atoms with Crippen LogP contribution in [0.1, 0.15) is 28.9 Å². The quantitative estimate of drug-likeness (QED) is 0.907. The van der Waals surface area contributed by atoms with Crippen LogP contribution in [0.2, 0.25) is 0 Å². The van der Waals surface area contributed by atoms with Crippen molar-refractivity contribution in [3.8, 4) is 17.2 Å². The summed E-state index contributed by atoms with van der Waals surface area (Å²) in [6, 6.07) is 11.4. The zero-order valence-corrected chi connectivity index (χ0v) is 13.3. The molecule has 0 bridgehead atoms. The number of nitrogens with two attached hydrogens (primary N) is 1. The molecule has 3 N–H and O–H groups in total. The van der Waals surface area contributed by atoms with Gasteiger partial charge in [0, 0.05) is 18.5 Å². The summed E-state index contributed by atoms with van der Waals surface area (Å²) in [5.74, 6) is 1.40. The van der Waals surface area contributed by atoms with E-state index in [9.17, 15) is 5.11 Å². The van der Waals surface area contributed by atoms with Crippen LogP contribution in [0.5, 0.6) is 17.2 Å². The molecule has 3 rings (SSSR count). The maximum atomic E-state index is 10.5. The van der Waals surface area contributed by atoms with E-state index < -0.39 is 0 Å². The van der Waals surface area contributed by atoms with Crippen molar-refractivity contribution in [1.29, 1.82) is 0 Å². The largest absolute Gasteiger partial charge is 0.504 e. The smallest absolute Gasteiger partial charge is 0.161 e. The minimum absolute atomic E-state index is 0.166. The summed E-state index contributed by atoms with van der Waals surface area (Å²) in [7, 11) is 3.18. The number of hydrogen-bond donors (Lipinski definition) is 2. The molecule has 0 aromatic heterocycles. The third kappa shape index (κ3) is 2.85. The predicted octanol–water partition coefficient (Wildman–Crippen LogP) is 2.72. The summed E-state index contributed by atoms with van der Waals surface area (Å²) in [6.45, 7) is 0.346. The van der Waals surface area contributed by atoms with E-state index in [4.69, 9.17) is 19.9 Å². The van der Waals surface area contributed by atoms with Gasteiger partial charge in [-0.05, 0) is 29.3 Å². The van der Waals surface area contributed by atoms with Gasteiger partial charge in [-0.15, -0.1) is 0 Å². The lowest BCUT2D eigenvalue weighted by Gasteiger charge is -2.33. The van der Waals surface area contributed by atoms with Gasteiger partial charge in [0.15, 0.2) is 11.5 Å². The number of phenolic OH excluding ortho intramolecular Hbond substituents is 1. The Kier molecular flexibility index (Phi) is 4.41. The molecule has 0 aliphatic carbocycles. The minimum Gasteiger partial charge on any atom is -0.504 e. The summed E-state index contributed by atoms with van der Waals surface area (Å²) in [4.78, 5) is 0. The average molecular weight is 315 g/mol. The average Bonchev–Trinajstić information content (AvgIpc) is 2.61. The van der Waals surface area contributed by atoms with Gasteiger partial charge in [0.05, 0.1) is 26.4 Å². The molecule has 5 nitrogen and oxygen atoms in total. The number of rotatable bonds is 4. The van der Waals surface area contributed by atoms with E-state index in [2.05, 4.69) is 0 Å². The van der Waals surface area contributed by atoms with E-state index in [0.717, 1.165) is 22.4 Å². The zero-order chi connectivity index (χ0) is 16.4. The second-order valence-corrected chi connectivity index (χ2v) is 5.51. The van der Waals surface area contributed by atoms with Crippen molar-refractivity contribution in [2.45, 2.75) is 18.6 Å². The van der Waals surface area contributed by atoms with Gasteiger partial charge in [-0.2, -0.15) is 0 Å². The van der Waals surface area contributed by atoms with E-state index in [1.807, 2.05) is 30.3 Å². The Hall–Kier alpha value is -2.24. The maximum absolute atomic E-state index is 10.5. The number of ether oxygens (including phenoxy) is 3. The summed E-state index contributed by atoms with van der Waals surface area (Å²) in [6.07, 6.45) is 0.109. The maximum Gasteiger partial charge on any atom is 0.161 e. The van der Waals surface area contributed by atoms with Crippen molar-refractivity contribution < 1.29 is 19.3 Å². The summed E-state index contributed by atoms with van der Waals surface area (Å²) < 4.78 is 16.6. The van der Waals surface area contributed by atoms with Crippen LogP contribution in [0.25, 0.3) is 0 Å². The first kappa shape index (κ1) is 15.6. The van der Waals surface area contributed by atoms with Gasteiger partial charge in [-0.1, -0.05) is 18.2 Å². The van der Waals surface area contributed by atoms with Crippen LogP contribution in [0.4, 0.5) is 0 Å². The van der Waals surface area contributed by atoms with Crippen molar-refractivity contribution >= 4 is 0 Å². The normalized spacial score (nSPS) is 20.0. The van der Waals surface area contributed by atoms with Crippen molar-refractivity contribution in [1.82, 2.24) is 0 Å². The Labute approximate surface area is 135 Å². The molecule has 0 saturated heterocycles. The molecule has 0 saturated carbocycles. The monoisotopic (exact) mass is 315 g/mol. The Balaban J connectivity index is 2.01. The van der Waals surface area contributed by atoms with Crippen LogP contribution in [-0.4, -0.2) is 25.9 Å². The topological polar surface area (TPSA) is 73.9 Å². The van der Waals surface area contributed by atoms with Gasteiger partial charge in [-0.25, -0.2) is 0 Å². The molecule has 122 valence electrons. The lowest BCUT2D eigenvalue weighted by atomic mass is 9.90. The molecule has 1 aliphatic heterocycles. The molecule has 0 radical (unpaired) electrons. The molecular weight excluding hydrogens is 294 g/mol. The van der Waals surface area contributed by atoms with Gasteiger partial charge in [-0.3, -0.25) is 0 Å². The van der Waals surface area contributed by atoms with Crippen LogP contribution in [0, 0.1) is 0 Å². The highest BCUT2D eigenvalue weighted by Crippen LogP contribution is 2.44. The third-order valence-electron chi connectivity index (χ3n) is 4.25. The van der Waals surface area contributed by atoms with Gasteiger partial charge in [0.1, 0.15) is 5.75 Å². The zero-order valence-electron chi connectivity index (χ0n) is 13.3. The predicted molar refractivity (Wildman–Crippen MR) is 87.0 cm³/mol. The van der Waals surface area contributed by atoms with E-state index >= 15 is 0 Å². The Morgan fingerprint density at radius 1 is 1.22 bits per heavy atom. The van der Waals surface area contributed by atoms with Gasteiger partial charge < -0.3 is 25.1 Å². The molecule has 0 amide bonds. The van der Waals surface area contributed by atoms with Crippen LogP contribution in [0.15, 0.2) is 36.4 Å². The minimum atomic E-state index is -0.258. The van der Waals surface area contributed by atoms with Crippen LogP contribution in [-0.2, 0) is 11.2 Å². The summed E-state index contributed by atoms with van der Waals surface area (Å²) in [5, 5.41) is 10.5. The number of hydrogen-bond acceptors (Lipinski definition) is 5. The fourth-order valence-corrected chi connectivity index (χ4v) is 3.04. The second kappa shape index (κ2) is 6.48. The van der Waals surface area contributed by atoms with Crippen LogP contribution >= 0.6 is 0 Å². The van der Waals surface area contributed by atoms with Crippen molar-refractivity contribution in [3.63, 3.8) is 0 Å². The number of phenols is 1. The standard InChI is InChI=1S/C18H21NO4/c1-21-12-5-3-4-11(8-12)16-9-14-13(17(10-19)23-16)6-7-15(22-2)18(14)20/h3-8,16-17,20H,9-10,19H2,1-2H3. The molecule has 2 aromatic carbocycles. The number of fused-ring (bicyclic) bond motifs is 1. The van der Waals surface area contributed by atoms with Crippen LogP contribution in [0.3, 0.4) is 0 Å². The SMILES string of the molecule is COc1cccc(C2Cc3c(ccc(OC)c3O)C(CN)O2)c1. The molecule has 2 atom stereocenters. The summed E-state index contributed by atoms with van der Waals surface area (Å²) >= 11 is 0. The Morgan fingerprint density at radius 2 is 2.04 bits per heavy atom. The molecule has 2 aromatic rings. The molecule has 0 spiro atoms. The summed E-state index contributed by atoms with van der Waals surface area (Å²) in [5.41, 5.74) is 8.62. The van der Waals surface area contributed by atoms with E-state index in [0.29, 0.717) is 18.7 Å². The fraction of sp³-hybridized carbons (Fsp3) is 0.333. The number of benzene rings is 2. The first-order valence-corrected chi connectivity index (χ1v) is 7.56. The van der Waals surface area contributed by atoms with Gasteiger partial charge >= 0.3 is 0 Å². The lowest BCUT2D eigenvalue weighted by Crippen LogP contribution is -2.26. The van der Waals surface area contributed by atoms with E-state index in [1.54, 1.807) is 20.3 Å². The highest BCUT2D eigenvalue weighted by molar-refractivity contribution is 5.52. The first-order valence-electron chi connectivity index (χ1n) is 7.56. The molecule has 0 fully saturated rings. The molecule has 23 heavy (non-hydrogen) atoms. The van der Waals surface area contributed by atoms with Crippen LogP contribution < -0.4 is 15.2 Å². The number of aromatic hydroxyl groups is 1. The van der Waals surface area contributed by atoms with E-state index in [-0.39, 0.29) is 18.0 Å². The van der Waals surface area contributed by atoms with Gasteiger partial charge in [0.25, 0.3) is 0 Å². The fourth-order valence-electron chi connectivity index (χ4n) is 3.04. The second-order valence-electron chi connectivity index (χ2n) is 5.51. The molecular formula is C18H21NO4. The van der Waals surface area contributed by atoms with Crippen molar-refractivity contribution in [3.05, 3.63) is 53.1 Å². The highest BCUT2D eigenvalue weighted by Gasteiger charge is 2.31. The lowest BCUT2D eigenvalue weighted by molar-refractivity contribution is -0.0231. The van der Waals surface area contributed by atoms with Crippen molar-refractivity contribution in [2.24, 2.45) is 5.73 Å². The van der Waals surface area contributed by atoms with Crippen molar-refractivity contribution in [2.75, 3.05) is 20.8 Å². The molecule has 1 heterocycles.